The van der Waals surface area contributed by atoms with Crippen molar-refractivity contribution < 1.29 is 28.5 Å². The van der Waals surface area contributed by atoms with Crippen molar-refractivity contribution in [2.45, 2.75) is 50.7 Å². The maximum absolute atomic E-state index is 11.9. The monoisotopic (exact) mass is 348 g/mol. The Morgan fingerprint density at radius 1 is 1.24 bits per heavy atom. The number of hydrogen-bond donors (Lipinski definition) is 0. The lowest BCUT2D eigenvalue weighted by Gasteiger charge is -2.28. The zero-order valence-electron chi connectivity index (χ0n) is 14.7. The fourth-order valence-corrected chi connectivity index (χ4v) is 3.93. The van der Waals surface area contributed by atoms with Crippen molar-refractivity contribution in [1.29, 1.82) is 0 Å². The summed E-state index contributed by atoms with van der Waals surface area (Å²) < 4.78 is 28.8. The second-order valence-corrected chi connectivity index (χ2v) is 7.32. The van der Waals surface area contributed by atoms with Crippen LogP contribution in [0.25, 0.3) is 0 Å². The Balaban J connectivity index is 1.47. The molecule has 0 spiro atoms. The molecule has 0 bridgehead atoms. The van der Waals surface area contributed by atoms with Gasteiger partial charge in [-0.25, -0.2) is 0 Å². The number of benzene rings is 1. The van der Waals surface area contributed by atoms with Crippen molar-refractivity contribution >= 4 is 5.97 Å². The predicted molar refractivity (Wildman–Crippen MR) is 87.6 cm³/mol. The number of esters is 1. The zero-order chi connectivity index (χ0) is 17.6. The number of carbonyl (C=O) groups is 1. The van der Waals surface area contributed by atoms with Gasteiger partial charge in [0.1, 0.15) is 12.2 Å². The average Bonchev–Trinajstić information content (AvgIpc) is 3.00. The number of hydrogen-bond acceptors (Lipinski definition) is 6. The molecule has 6 nitrogen and oxygen atoms in total. The summed E-state index contributed by atoms with van der Waals surface area (Å²) in [5, 5.41) is 0. The van der Waals surface area contributed by atoms with Gasteiger partial charge in [0, 0.05) is 5.92 Å². The van der Waals surface area contributed by atoms with Crippen LogP contribution in [0.15, 0.2) is 30.3 Å². The van der Waals surface area contributed by atoms with Gasteiger partial charge in [-0.3, -0.25) is 4.79 Å². The molecule has 1 aromatic carbocycles. The fraction of sp³-hybridized carbons (Fsp3) is 0.632. The molecule has 2 saturated heterocycles. The molecule has 6 atom stereocenters. The van der Waals surface area contributed by atoms with Crippen LogP contribution in [0.3, 0.4) is 0 Å². The van der Waals surface area contributed by atoms with E-state index in [1.54, 1.807) is 0 Å². The summed E-state index contributed by atoms with van der Waals surface area (Å²) >= 11 is 0. The highest BCUT2D eigenvalue weighted by molar-refractivity contribution is 5.77. The predicted octanol–water partition coefficient (Wildman–Crippen LogP) is 1.91. The molecular weight excluding hydrogens is 324 g/mol. The van der Waals surface area contributed by atoms with Gasteiger partial charge in [-0.05, 0) is 19.4 Å². The van der Waals surface area contributed by atoms with Crippen molar-refractivity contribution in [3.05, 3.63) is 35.9 Å². The lowest BCUT2D eigenvalue weighted by Crippen LogP contribution is -2.42. The van der Waals surface area contributed by atoms with Crippen LogP contribution in [0.2, 0.25) is 0 Å². The first kappa shape index (κ1) is 17.0. The summed E-state index contributed by atoms with van der Waals surface area (Å²) in [4.78, 5) is 11.9. The minimum absolute atomic E-state index is 0.0217. The van der Waals surface area contributed by atoms with Crippen molar-refractivity contribution in [2.24, 2.45) is 11.8 Å². The third-order valence-corrected chi connectivity index (χ3v) is 5.18. The van der Waals surface area contributed by atoms with Crippen LogP contribution in [0.4, 0.5) is 0 Å². The zero-order valence-corrected chi connectivity index (χ0v) is 14.7. The van der Waals surface area contributed by atoms with Crippen LogP contribution in [0.5, 0.6) is 0 Å². The van der Waals surface area contributed by atoms with Gasteiger partial charge in [-0.2, -0.15) is 0 Å². The standard InChI is InChI=1S/C19H24O6/c1-19(2)23-10-12(25-19)15-17(22-9-11-7-5-4-6-8-11)13-14(16(13)24-15)18(20)21-3/h4-8,12-17H,9-10H2,1-3H3/t12?,13-,14?,15+,16-,17+/m0/s1. The molecule has 0 N–H and O–H groups in total. The minimum atomic E-state index is -0.619. The Morgan fingerprint density at radius 3 is 2.64 bits per heavy atom. The number of ether oxygens (including phenoxy) is 5. The Labute approximate surface area is 147 Å². The Hall–Kier alpha value is -1.47. The minimum Gasteiger partial charge on any atom is -0.469 e. The van der Waals surface area contributed by atoms with Crippen molar-refractivity contribution in [1.82, 2.24) is 0 Å². The number of rotatable bonds is 5. The molecule has 2 aliphatic heterocycles. The molecule has 4 rings (SSSR count). The summed E-state index contributed by atoms with van der Waals surface area (Å²) in [7, 11) is 1.41. The molecule has 2 unspecified atom stereocenters. The highest BCUT2D eigenvalue weighted by atomic mass is 16.8. The van der Waals surface area contributed by atoms with Gasteiger partial charge in [-0.1, -0.05) is 30.3 Å². The Bertz CT molecular complexity index is 630. The third-order valence-electron chi connectivity index (χ3n) is 5.18. The number of methoxy groups -OCH3 is 1. The fourth-order valence-electron chi connectivity index (χ4n) is 3.93. The normalized spacial score (nSPS) is 38.4. The van der Waals surface area contributed by atoms with Crippen LogP contribution in [-0.2, 0) is 35.1 Å². The van der Waals surface area contributed by atoms with Crippen molar-refractivity contribution in [2.75, 3.05) is 13.7 Å². The molecule has 3 fully saturated rings. The van der Waals surface area contributed by atoms with Crippen molar-refractivity contribution in [3.8, 4) is 0 Å². The molecule has 0 aromatic heterocycles. The number of fused-ring (bicyclic) bond motifs is 1. The quantitative estimate of drug-likeness (QED) is 0.758. The molecule has 0 amide bonds. The average molecular weight is 348 g/mol. The highest BCUT2D eigenvalue weighted by Gasteiger charge is 2.69. The first-order valence-electron chi connectivity index (χ1n) is 8.71. The number of carbonyl (C=O) groups excluding carboxylic acids is 1. The van der Waals surface area contributed by atoms with Gasteiger partial charge in [-0.15, -0.1) is 0 Å². The van der Waals surface area contributed by atoms with E-state index < -0.39 is 5.79 Å². The van der Waals surface area contributed by atoms with Crippen molar-refractivity contribution in [3.63, 3.8) is 0 Å². The van der Waals surface area contributed by atoms with E-state index in [1.807, 2.05) is 44.2 Å². The van der Waals surface area contributed by atoms with Gasteiger partial charge in [0.25, 0.3) is 0 Å². The van der Waals surface area contributed by atoms with E-state index in [-0.39, 0.29) is 42.2 Å². The molecule has 25 heavy (non-hydrogen) atoms. The molecule has 1 saturated carbocycles. The smallest absolute Gasteiger partial charge is 0.311 e. The van der Waals surface area contributed by atoms with Gasteiger partial charge in [0.2, 0.25) is 0 Å². The maximum atomic E-state index is 11.9. The second-order valence-electron chi connectivity index (χ2n) is 7.32. The topological polar surface area (TPSA) is 63.2 Å². The highest BCUT2D eigenvalue weighted by Crippen LogP contribution is 2.55. The lowest BCUT2D eigenvalue weighted by atomic mass is 10.0. The van der Waals surface area contributed by atoms with E-state index in [9.17, 15) is 4.79 Å². The van der Waals surface area contributed by atoms with Crippen LogP contribution in [0, 0.1) is 11.8 Å². The first-order chi connectivity index (χ1) is 12.0. The third kappa shape index (κ3) is 3.19. The molecule has 3 aliphatic rings. The van der Waals surface area contributed by atoms with Crippen LogP contribution < -0.4 is 0 Å². The molecule has 0 radical (unpaired) electrons. The summed E-state index contributed by atoms with van der Waals surface area (Å²) in [6.07, 6.45) is -0.786. The summed E-state index contributed by atoms with van der Waals surface area (Å²) in [5.41, 5.74) is 1.09. The lowest BCUT2D eigenvalue weighted by molar-refractivity contribution is -0.172. The molecule has 2 heterocycles. The van der Waals surface area contributed by atoms with Crippen LogP contribution >= 0.6 is 0 Å². The SMILES string of the molecule is COC(=O)C1[C@@H]2[C@@H](OCc3ccccc3)[C@@H](C3COC(C)(C)O3)O[C@H]12. The summed E-state index contributed by atoms with van der Waals surface area (Å²) in [6.45, 7) is 4.71. The van der Waals surface area contributed by atoms with Gasteiger partial charge >= 0.3 is 5.97 Å². The van der Waals surface area contributed by atoms with Gasteiger partial charge in [0.05, 0.1) is 38.4 Å². The summed E-state index contributed by atoms with van der Waals surface area (Å²) in [5.74, 6) is -1.07. The van der Waals surface area contributed by atoms with E-state index in [1.165, 1.54) is 7.11 Å². The van der Waals surface area contributed by atoms with E-state index in [0.717, 1.165) is 5.56 Å². The molecule has 1 aliphatic carbocycles. The van der Waals surface area contributed by atoms with E-state index >= 15 is 0 Å². The largest absolute Gasteiger partial charge is 0.469 e. The Morgan fingerprint density at radius 2 is 2.00 bits per heavy atom. The van der Waals surface area contributed by atoms with E-state index in [2.05, 4.69) is 0 Å². The molecule has 1 aromatic rings. The van der Waals surface area contributed by atoms with Gasteiger partial charge in [0.15, 0.2) is 5.79 Å². The molecule has 136 valence electrons. The second kappa shape index (κ2) is 6.36. The molecular formula is C19H24O6. The Kier molecular flexibility index (Phi) is 4.32. The van der Waals surface area contributed by atoms with E-state index in [4.69, 9.17) is 23.7 Å². The first-order valence-corrected chi connectivity index (χ1v) is 8.71. The van der Waals surface area contributed by atoms with E-state index in [0.29, 0.717) is 13.2 Å². The maximum Gasteiger partial charge on any atom is 0.311 e. The summed E-state index contributed by atoms with van der Waals surface area (Å²) in [6, 6.07) is 9.97. The van der Waals surface area contributed by atoms with Gasteiger partial charge < -0.3 is 23.7 Å². The molecule has 6 heteroatoms. The van der Waals surface area contributed by atoms with Crippen LogP contribution in [0.1, 0.15) is 19.4 Å². The van der Waals surface area contributed by atoms with Crippen LogP contribution in [-0.4, -0.2) is 49.9 Å².